The number of hydrogen-bond acceptors (Lipinski definition) is 4. The van der Waals surface area contributed by atoms with Crippen LogP contribution < -0.4 is 0 Å². The van der Waals surface area contributed by atoms with Crippen LogP contribution in [0.4, 0.5) is 0 Å². The summed E-state index contributed by atoms with van der Waals surface area (Å²) < 4.78 is 5.32. The number of rotatable bonds is 2. The lowest BCUT2D eigenvalue weighted by atomic mass is 9.99. The maximum Gasteiger partial charge on any atom is 0.131 e. The molecule has 0 saturated carbocycles. The fourth-order valence-corrected chi connectivity index (χ4v) is 2.06. The lowest BCUT2D eigenvalue weighted by molar-refractivity contribution is 0.0834. The SMILES string of the molecule is Cc1nc(C2CCOCC2)ncc1[C@@H](C)O. The molecule has 1 atom stereocenters. The summed E-state index contributed by atoms with van der Waals surface area (Å²) in [6.07, 6.45) is 3.24. The summed E-state index contributed by atoms with van der Waals surface area (Å²) in [4.78, 5) is 8.85. The molecule has 88 valence electrons. The second kappa shape index (κ2) is 4.89. The Morgan fingerprint density at radius 1 is 1.44 bits per heavy atom. The quantitative estimate of drug-likeness (QED) is 0.828. The fourth-order valence-electron chi connectivity index (χ4n) is 2.06. The summed E-state index contributed by atoms with van der Waals surface area (Å²) in [5, 5.41) is 9.51. The molecule has 1 aromatic heterocycles. The number of aliphatic hydroxyl groups is 1. The molecule has 1 aliphatic rings. The van der Waals surface area contributed by atoms with E-state index in [2.05, 4.69) is 9.97 Å². The molecule has 1 aliphatic heterocycles. The van der Waals surface area contributed by atoms with E-state index in [9.17, 15) is 5.11 Å². The van der Waals surface area contributed by atoms with Crippen LogP contribution in [0.25, 0.3) is 0 Å². The normalized spacial score (nSPS) is 19.7. The molecule has 16 heavy (non-hydrogen) atoms. The van der Waals surface area contributed by atoms with Gasteiger partial charge in [0.15, 0.2) is 0 Å². The van der Waals surface area contributed by atoms with Crippen molar-refractivity contribution in [3.05, 3.63) is 23.3 Å². The van der Waals surface area contributed by atoms with Crippen molar-refractivity contribution in [2.45, 2.75) is 38.7 Å². The maximum atomic E-state index is 9.51. The van der Waals surface area contributed by atoms with Crippen molar-refractivity contribution in [3.8, 4) is 0 Å². The monoisotopic (exact) mass is 222 g/mol. The standard InChI is InChI=1S/C12H18N2O2/c1-8-11(9(2)15)7-13-12(14-8)10-3-5-16-6-4-10/h7,9-10,15H,3-6H2,1-2H3/t9-/m1/s1. The highest BCUT2D eigenvalue weighted by molar-refractivity contribution is 5.19. The van der Waals surface area contributed by atoms with Gasteiger partial charge in [0.2, 0.25) is 0 Å². The van der Waals surface area contributed by atoms with Gasteiger partial charge in [0.05, 0.1) is 6.10 Å². The van der Waals surface area contributed by atoms with Crippen molar-refractivity contribution in [1.29, 1.82) is 0 Å². The van der Waals surface area contributed by atoms with E-state index in [-0.39, 0.29) is 0 Å². The molecule has 0 amide bonds. The van der Waals surface area contributed by atoms with Crippen LogP contribution in [0.1, 0.15) is 48.9 Å². The lowest BCUT2D eigenvalue weighted by Gasteiger charge is -2.21. The highest BCUT2D eigenvalue weighted by Gasteiger charge is 2.19. The summed E-state index contributed by atoms with van der Waals surface area (Å²) in [5.74, 6) is 1.31. The summed E-state index contributed by atoms with van der Waals surface area (Å²) in [5.41, 5.74) is 1.70. The molecule has 1 fully saturated rings. The van der Waals surface area contributed by atoms with Crippen molar-refractivity contribution in [2.24, 2.45) is 0 Å². The van der Waals surface area contributed by atoms with E-state index in [4.69, 9.17) is 4.74 Å². The Morgan fingerprint density at radius 3 is 2.69 bits per heavy atom. The minimum absolute atomic E-state index is 0.412. The molecule has 0 spiro atoms. The van der Waals surface area contributed by atoms with Gasteiger partial charge in [0, 0.05) is 36.6 Å². The minimum Gasteiger partial charge on any atom is -0.389 e. The van der Waals surface area contributed by atoms with Gasteiger partial charge in [-0.25, -0.2) is 9.97 Å². The van der Waals surface area contributed by atoms with E-state index in [1.54, 1.807) is 13.1 Å². The van der Waals surface area contributed by atoms with Gasteiger partial charge in [0.1, 0.15) is 5.82 Å². The fraction of sp³-hybridized carbons (Fsp3) is 0.667. The Kier molecular flexibility index (Phi) is 3.51. The van der Waals surface area contributed by atoms with Gasteiger partial charge < -0.3 is 9.84 Å². The Hall–Kier alpha value is -1.00. The maximum absolute atomic E-state index is 9.51. The molecule has 0 aliphatic carbocycles. The van der Waals surface area contributed by atoms with Crippen molar-refractivity contribution >= 4 is 0 Å². The molecule has 0 unspecified atom stereocenters. The van der Waals surface area contributed by atoms with E-state index in [1.165, 1.54) is 0 Å². The average molecular weight is 222 g/mol. The molecule has 0 radical (unpaired) electrons. The van der Waals surface area contributed by atoms with Crippen LogP contribution in [0.5, 0.6) is 0 Å². The van der Waals surface area contributed by atoms with Crippen LogP contribution in [0.2, 0.25) is 0 Å². The molecule has 2 heterocycles. The van der Waals surface area contributed by atoms with Crippen LogP contribution in [-0.4, -0.2) is 28.3 Å². The van der Waals surface area contributed by atoms with Crippen LogP contribution in [0.3, 0.4) is 0 Å². The van der Waals surface area contributed by atoms with Crippen LogP contribution in [0, 0.1) is 6.92 Å². The molecule has 4 heteroatoms. The molecule has 1 N–H and O–H groups in total. The Balaban J connectivity index is 2.19. The van der Waals surface area contributed by atoms with Crippen molar-refractivity contribution in [2.75, 3.05) is 13.2 Å². The first kappa shape index (κ1) is 11.5. The third kappa shape index (κ3) is 2.39. The molecular formula is C12H18N2O2. The van der Waals surface area contributed by atoms with Crippen LogP contribution in [-0.2, 0) is 4.74 Å². The number of aliphatic hydroxyl groups excluding tert-OH is 1. The first-order valence-electron chi connectivity index (χ1n) is 5.77. The zero-order chi connectivity index (χ0) is 11.5. The van der Waals surface area contributed by atoms with Gasteiger partial charge in [-0.2, -0.15) is 0 Å². The van der Waals surface area contributed by atoms with E-state index < -0.39 is 6.10 Å². The first-order chi connectivity index (χ1) is 7.68. The Morgan fingerprint density at radius 2 is 2.12 bits per heavy atom. The predicted molar refractivity (Wildman–Crippen MR) is 60.2 cm³/mol. The zero-order valence-corrected chi connectivity index (χ0v) is 9.81. The van der Waals surface area contributed by atoms with Gasteiger partial charge in [0.25, 0.3) is 0 Å². The summed E-state index contributed by atoms with van der Waals surface area (Å²) >= 11 is 0. The highest BCUT2D eigenvalue weighted by Crippen LogP contribution is 2.25. The van der Waals surface area contributed by atoms with E-state index in [0.717, 1.165) is 43.1 Å². The van der Waals surface area contributed by atoms with E-state index in [0.29, 0.717) is 5.92 Å². The third-order valence-corrected chi connectivity index (χ3v) is 3.07. The van der Waals surface area contributed by atoms with Crippen LogP contribution >= 0.6 is 0 Å². The van der Waals surface area contributed by atoms with Gasteiger partial charge in [-0.15, -0.1) is 0 Å². The molecule has 1 saturated heterocycles. The molecular weight excluding hydrogens is 204 g/mol. The van der Waals surface area contributed by atoms with Gasteiger partial charge in [-0.1, -0.05) is 0 Å². The molecule has 1 aromatic rings. The number of hydrogen-bond donors (Lipinski definition) is 1. The predicted octanol–water partition coefficient (Wildman–Crippen LogP) is 1.73. The number of nitrogens with zero attached hydrogens (tertiary/aromatic N) is 2. The first-order valence-corrected chi connectivity index (χ1v) is 5.77. The zero-order valence-electron chi connectivity index (χ0n) is 9.81. The van der Waals surface area contributed by atoms with Crippen molar-refractivity contribution < 1.29 is 9.84 Å². The second-order valence-electron chi connectivity index (χ2n) is 4.33. The van der Waals surface area contributed by atoms with Crippen molar-refractivity contribution in [1.82, 2.24) is 9.97 Å². The van der Waals surface area contributed by atoms with E-state index in [1.807, 2.05) is 6.92 Å². The summed E-state index contributed by atoms with van der Waals surface area (Å²) in [6.45, 7) is 5.25. The number of ether oxygens (including phenoxy) is 1. The Labute approximate surface area is 95.7 Å². The molecule has 2 rings (SSSR count). The Bertz CT molecular complexity index is 360. The smallest absolute Gasteiger partial charge is 0.131 e. The number of aryl methyl sites for hydroxylation is 1. The van der Waals surface area contributed by atoms with Gasteiger partial charge >= 0.3 is 0 Å². The average Bonchev–Trinajstić information content (AvgIpc) is 2.29. The molecule has 0 bridgehead atoms. The van der Waals surface area contributed by atoms with Gasteiger partial charge in [-0.3, -0.25) is 0 Å². The van der Waals surface area contributed by atoms with Crippen molar-refractivity contribution in [3.63, 3.8) is 0 Å². The topological polar surface area (TPSA) is 55.2 Å². The minimum atomic E-state index is -0.497. The molecule has 0 aromatic carbocycles. The second-order valence-corrected chi connectivity index (χ2v) is 4.33. The third-order valence-electron chi connectivity index (χ3n) is 3.07. The lowest BCUT2D eigenvalue weighted by Crippen LogP contribution is -2.17. The van der Waals surface area contributed by atoms with E-state index >= 15 is 0 Å². The highest BCUT2D eigenvalue weighted by atomic mass is 16.5. The summed E-state index contributed by atoms with van der Waals surface area (Å²) in [7, 11) is 0. The molecule has 4 nitrogen and oxygen atoms in total. The van der Waals surface area contributed by atoms with Gasteiger partial charge in [-0.05, 0) is 26.7 Å². The summed E-state index contributed by atoms with van der Waals surface area (Å²) in [6, 6.07) is 0. The largest absolute Gasteiger partial charge is 0.389 e. The van der Waals surface area contributed by atoms with Crippen LogP contribution in [0.15, 0.2) is 6.20 Å². The number of aromatic nitrogens is 2.